The molecule has 0 aliphatic carbocycles. The van der Waals surface area contributed by atoms with Gasteiger partial charge in [0.25, 0.3) is 0 Å². The van der Waals surface area contributed by atoms with Crippen LogP contribution in [-0.2, 0) is 0 Å². The van der Waals surface area contributed by atoms with Crippen LogP contribution in [0.3, 0.4) is 0 Å². The molecule has 0 aromatic heterocycles. The fraction of sp³-hybridized carbons (Fsp3) is 0.931. The molecule has 0 N–H and O–H groups in total. The van der Waals surface area contributed by atoms with E-state index in [1.165, 1.54) is 161 Å². The fourth-order valence-corrected chi connectivity index (χ4v) is 4.27. The van der Waals surface area contributed by atoms with E-state index in [4.69, 9.17) is 0 Å². The first kappa shape index (κ1) is 28.7. The average Bonchev–Trinajstić information content (AvgIpc) is 2.74. The van der Waals surface area contributed by atoms with Crippen molar-refractivity contribution in [2.24, 2.45) is 0 Å². The van der Waals surface area contributed by atoms with Gasteiger partial charge in [0, 0.05) is 0 Å². The molecule has 0 aliphatic rings. The summed E-state index contributed by atoms with van der Waals surface area (Å²) in [6.07, 6.45) is 40.9. The first-order chi connectivity index (χ1) is 14.4. The largest absolute Gasteiger partial charge is 0.0885 e. The van der Waals surface area contributed by atoms with Gasteiger partial charge >= 0.3 is 0 Å². The van der Waals surface area contributed by atoms with Crippen molar-refractivity contribution in [3.63, 3.8) is 0 Å². The average molecular weight is 407 g/mol. The molecule has 0 spiro atoms. The Morgan fingerprint density at radius 2 is 0.552 bits per heavy atom. The topological polar surface area (TPSA) is 0 Å². The Labute approximate surface area is 186 Å². The molecule has 0 saturated heterocycles. The highest BCUT2D eigenvalue weighted by atomic mass is 14.0. The lowest BCUT2D eigenvalue weighted by Gasteiger charge is -2.04. The minimum absolute atomic E-state index is 1.26. The van der Waals surface area contributed by atoms with E-state index in [-0.39, 0.29) is 0 Å². The van der Waals surface area contributed by atoms with Gasteiger partial charge in [-0.3, -0.25) is 0 Å². The molecule has 0 aromatic rings. The Morgan fingerprint density at radius 3 is 0.862 bits per heavy atom. The van der Waals surface area contributed by atoms with Crippen LogP contribution in [-0.4, -0.2) is 0 Å². The van der Waals surface area contributed by atoms with Gasteiger partial charge in [-0.1, -0.05) is 167 Å². The van der Waals surface area contributed by atoms with Crippen molar-refractivity contribution in [2.45, 2.75) is 174 Å². The van der Waals surface area contributed by atoms with Crippen LogP contribution in [0.5, 0.6) is 0 Å². The molecule has 0 bridgehead atoms. The summed E-state index contributed by atoms with van der Waals surface area (Å²) < 4.78 is 0. The predicted octanol–water partition coefficient (Wildman–Crippen LogP) is 11.3. The highest BCUT2D eigenvalue weighted by molar-refractivity contribution is 4.80. The zero-order chi connectivity index (χ0) is 21.1. The first-order valence-corrected chi connectivity index (χ1v) is 14.1. The number of hydrogen-bond donors (Lipinski definition) is 0. The second-order valence-electron chi connectivity index (χ2n) is 9.47. The van der Waals surface area contributed by atoms with Crippen LogP contribution >= 0.6 is 0 Å². The van der Waals surface area contributed by atoms with Gasteiger partial charge in [0.15, 0.2) is 0 Å². The van der Waals surface area contributed by atoms with Crippen LogP contribution in [0.4, 0.5) is 0 Å². The van der Waals surface area contributed by atoms with E-state index >= 15 is 0 Å². The lowest BCUT2D eigenvalue weighted by Crippen LogP contribution is -1.84. The van der Waals surface area contributed by atoms with E-state index in [1.54, 1.807) is 0 Å². The van der Waals surface area contributed by atoms with Crippen LogP contribution in [0.1, 0.15) is 174 Å². The number of allylic oxidation sites excluding steroid dienone is 2. The molecule has 0 rings (SSSR count). The third-order valence-corrected chi connectivity index (χ3v) is 6.35. The summed E-state index contributed by atoms with van der Waals surface area (Å²) in [6, 6.07) is 0. The molecule has 0 nitrogen and oxygen atoms in total. The quantitative estimate of drug-likeness (QED) is 0.104. The summed E-state index contributed by atoms with van der Waals surface area (Å²) in [5.74, 6) is 0. The van der Waals surface area contributed by atoms with E-state index in [0.29, 0.717) is 0 Å². The van der Waals surface area contributed by atoms with Crippen molar-refractivity contribution in [1.82, 2.24) is 0 Å². The third kappa shape index (κ3) is 27.7. The summed E-state index contributed by atoms with van der Waals surface area (Å²) >= 11 is 0. The van der Waals surface area contributed by atoms with Gasteiger partial charge in [-0.15, -0.1) is 0 Å². The molecule has 174 valence electrons. The van der Waals surface area contributed by atoms with Crippen LogP contribution in [0.2, 0.25) is 0 Å². The first-order valence-electron chi connectivity index (χ1n) is 14.1. The van der Waals surface area contributed by atoms with Crippen molar-refractivity contribution >= 4 is 0 Å². The molecule has 0 heteroatoms. The van der Waals surface area contributed by atoms with Crippen molar-refractivity contribution < 1.29 is 0 Å². The highest BCUT2D eigenvalue weighted by Gasteiger charge is 1.95. The molecular weight excluding hydrogens is 348 g/mol. The molecule has 0 amide bonds. The van der Waals surface area contributed by atoms with Gasteiger partial charge in [-0.25, -0.2) is 0 Å². The van der Waals surface area contributed by atoms with Gasteiger partial charge < -0.3 is 0 Å². The smallest absolute Gasteiger partial charge is 0.0351 e. The minimum Gasteiger partial charge on any atom is -0.0885 e. The van der Waals surface area contributed by atoms with Gasteiger partial charge in [-0.2, -0.15) is 0 Å². The Hall–Kier alpha value is -0.260. The Kier molecular flexibility index (Phi) is 27.5. The fourth-order valence-electron chi connectivity index (χ4n) is 4.27. The molecule has 0 unspecified atom stereocenters. The Bertz CT molecular complexity index is 290. The molecule has 0 heterocycles. The highest BCUT2D eigenvalue weighted by Crippen LogP contribution is 2.15. The van der Waals surface area contributed by atoms with Crippen LogP contribution in [0, 0.1) is 0 Å². The van der Waals surface area contributed by atoms with Crippen LogP contribution in [0.15, 0.2) is 12.2 Å². The summed E-state index contributed by atoms with van der Waals surface area (Å²) in [7, 11) is 0. The van der Waals surface area contributed by atoms with Gasteiger partial charge in [0.1, 0.15) is 0 Å². The summed E-state index contributed by atoms with van der Waals surface area (Å²) in [5, 5.41) is 0. The monoisotopic (exact) mass is 406 g/mol. The maximum Gasteiger partial charge on any atom is -0.0351 e. The molecule has 0 atom stereocenters. The van der Waals surface area contributed by atoms with Gasteiger partial charge in [-0.05, 0) is 19.3 Å². The second kappa shape index (κ2) is 27.7. The SMILES string of the molecule is CCCC=CCCCCCCCCCCCCCCCCCCCCCCCC. The predicted molar refractivity (Wildman–Crippen MR) is 136 cm³/mol. The van der Waals surface area contributed by atoms with Crippen molar-refractivity contribution in [3.8, 4) is 0 Å². The molecular formula is C29H58. The van der Waals surface area contributed by atoms with E-state index in [9.17, 15) is 0 Å². The zero-order valence-electron chi connectivity index (χ0n) is 20.8. The maximum absolute atomic E-state index is 2.39. The molecule has 0 aromatic carbocycles. The molecule has 0 radical (unpaired) electrons. The van der Waals surface area contributed by atoms with E-state index < -0.39 is 0 Å². The van der Waals surface area contributed by atoms with Crippen LogP contribution < -0.4 is 0 Å². The standard InChI is InChI=1S/C29H58/c1-3-5-7-9-11-13-15-17-19-21-23-25-27-29-28-26-24-22-20-18-16-14-12-10-8-6-4-2/h7,9H,3-6,8,10-29H2,1-2H3. The van der Waals surface area contributed by atoms with Crippen molar-refractivity contribution in [3.05, 3.63) is 12.2 Å². The van der Waals surface area contributed by atoms with Gasteiger partial charge in [0.05, 0.1) is 0 Å². The summed E-state index contributed by atoms with van der Waals surface area (Å²) in [4.78, 5) is 0. The molecule has 0 fully saturated rings. The maximum atomic E-state index is 2.39. The van der Waals surface area contributed by atoms with Gasteiger partial charge in [0.2, 0.25) is 0 Å². The Balaban J connectivity index is 3.00. The summed E-state index contributed by atoms with van der Waals surface area (Å²) in [6.45, 7) is 4.56. The van der Waals surface area contributed by atoms with Crippen molar-refractivity contribution in [2.75, 3.05) is 0 Å². The normalized spacial score (nSPS) is 11.7. The summed E-state index contributed by atoms with van der Waals surface area (Å²) in [5.41, 5.74) is 0. The van der Waals surface area contributed by atoms with Crippen LogP contribution in [0.25, 0.3) is 0 Å². The number of rotatable bonds is 25. The minimum atomic E-state index is 1.26. The van der Waals surface area contributed by atoms with E-state index in [2.05, 4.69) is 26.0 Å². The second-order valence-corrected chi connectivity index (χ2v) is 9.47. The van der Waals surface area contributed by atoms with Crippen molar-refractivity contribution in [1.29, 1.82) is 0 Å². The zero-order valence-corrected chi connectivity index (χ0v) is 20.8. The molecule has 29 heavy (non-hydrogen) atoms. The Morgan fingerprint density at radius 1 is 0.276 bits per heavy atom. The lowest BCUT2D eigenvalue weighted by molar-refractivity contribution is 0.519. The van der Waals surface area contributed by atoms with E-state index in [0.717, 1.165) is 0 Å². The van der Waals surface area contributed by atoms with E-state index in [1.807, 2.05) is 0 Å². The number of unbranched alkanes of at least 4 members (excludes halogenated alkanes) is 23. The molecule has 0 aliphatic heterocycles. The lowest BCUT2D eigenvalue weighted by atomic mass is 10.0. The number of hydrogen-bond acceptors (Lipinski definition) is 0. The molecule has 0 saturated carbocycles. The third-order valence-electron chi connectivity index (χ3n) is 6.35.